The zero-order valence-electron chi connectivity index (χ0n) is 15.1. The lowest BCUT2D eigenvalue weighted by molar-refractivity contribution is 0.0977. The number of carbonyl (C=O) groups excluding carboxylic acids is 1. The minimum atomic E-state index is -0.377. The lowest BCUT2D eigenvalue weighted by atomic mass is 10.2. The van der Waals surface area contributed by atoms with Crippen molar-refractivity contribution in [2.45, 2.75) is 0 Å². The Balaban J connectivity index is 1.57. The van der Waals surface area contributed by atoms with Crippen LogP contribution in [0.3, 0.4) is 0 Å². The zero-order chi connectivity index (χ0) is 21.3. The molecule has 0 fully saturated rings. The van der Waals surface area contributed by atoms with Crippen LogP contribution in [-0.4, -0.2) is 16.0 Å². The van der Waals surface area contributed by atoms with E-state index in [1.54, 1.807) is 23.5 Å². The van der Waals surface area contributed by atoms with Gasteiger partial charge in [0, 0.05) is 14.7 Å². The van der Waals surface area contributed by atoms with Gasteiger partial charge in [0.25, 0.3) is 5.91 Å². The van der Waals surface area contributed by atoms with Crippen molar-refractivity contribution in [3.63, 3.8) is 0 Å². The third kappa shape index (κ3) is 4.76. The van der Waals surface area contributed by atoms with Gasteiger partial charge >= 0.3 is 0 Å². The molecule has 4 rings (SSSR count). The van der Waals surface area contributed by atoms with Gasteiger partial charge in [-0.3, -0.25) is 10.1 Å². The SMILES string of the molecule is O=C(NC(=S)Nc1ccc(I)cc1-c1nc2ccccc2s1)c1ccc(Cl)c(Cl)c1. The van der Waals surface area contributed by atoms with E-state index in [0.29, 0.717) is 15.6 Å². The molecule has 0 atom stereocenters. The van der Waals surface area contributed by atoms with E-state index in [-0.39, 0.29) is 11.0 Å². The standard InChI is InChI=1S/C21H12Cl2IN3OS2/c22-14-7-5-11(9-15(14)23)19(28)27-21(29)26-16-8-6-12(24)10-13(16)20-25-17-3-1-2-4-18(17)30-20/h1-10H,(H2,26,27,28,29). The van der Waals surface area contributed by atoms with E-state index >= 15 is 0 Å². The second-order valence-corrected chi connectivity index (χ2v) is 9.71. The van der Waals surface area contributed by atoms with Crippen molar-refractivity contribution in [1.82, 2.24) is 10.3 Å². The highest BCUT2D eigenvalue weighted by molar-refractivity contribution is 14.1. The van der Waals surface area contributed by atoms with Crippen LogP contribution in [-0.2, 0) is 0 Å². The van der Waals surface area contributed by atoms with Gasteiger partial charge in [0.2, 0.25) is 0 Å². The lowest BCUT2D eigenvalue weighted by Gasteiger charge is -2.13. The van der Waals surface area contributed by atoms with Gasteiger partial charge < -0.3 is 5.32 Å². The first-order valence-corrected chi connectivity index (χ1v) is 11.7. The highest BCUT2D eigenvalue weighted by atomic mass is 127. The fraction of sp³-hybridized carbons (Fsp3) is 0. The van der Waals surface area contributed by atoms with Crippen molar-refractivity contribution >= 4 is 96.3 Å². The number of anilines is 1. The number of thiazole rings is 1. The Morgan fingerprint density at radius 1 is 1.03 bits per heavy atom. The molecule has 0 spiro atoms. The molecule has 0 bridgehead atoms. The second-order valence-electron chi connectivity index (χ2n) is 6.21. The number of aromatic nitrogens is 1. The molecule has 0 aliphatic carbocycles. The maximum absolute atomic E-state index is 12.5. The molecule has 1 aromatic heterocycles. The summed E-state index contributed by atoms with van der Waals surface area (Å²) >= 11 is 21.1. The number of fused-ring (bicyclic) bond motifs is 1. The molecule has 0 unspecified atom stereocenters. The number of benzene rings is 3. The van der Waals surface area contributed by atoms with Crippen LogP contribution in [0, 0.1) is 3.57 Å². The van der Waals surface area contributed by atoms with Gasteiger partial charge in [-0.25, -0.2) is 4.98 Å². The maximum Gasteiger partial charge on any atom is 0.257 e. The number of amides is 1. The van der Waals surface area contributed by atoms with Gasteiger partial charge in [-0.1, -0.05) is 35.3 Å². The van der Waals surface area contributed by atoms with Gasteiger partial charge in [-0.15, -0.1) is 11.3 Å². The van der Waals surface area contributed by atoms with Crippen molar-refractivity contribution in [1.29, 1.82) is 0 Å². The first kappa shape index (κ1) is 21.5. The van der Waals surface area contributed by atoms with Gasteiger partial charge in [0.05, 0.1) is 25.9 Å². The number of rotatable bonds is 3. The predicted molar refractivity (Wildman–Crippen MR) is 138 cm³/mol. The number of hydrogen-bond acceptors (Lipinski definition) is 4. The molecule has 150 valence electrons. The monoisotopic (exact) mass is 583 g/mol. The summed E-state index contributed by atoms with van der Waals surface area (Å²) in [7, 11) is 0. The number of nitrogens with one attached hydrogen (secondary N) is 2. The largest absolute Gasteiger partial charge is 0.332 e. The molecule has 4 nitrogen and oxygen atoms in total. The van der Waals surface area contributed by atoms with Crippen LogP contribution in [0.15, 0.2) is 60.7 Å². The molecule has 0 aliphatic rings. The van der Waals surface area contributed by atoms with E-state index in [1.165, 1.54) is 6.07 Å². The number of nitrogens with zero attached hydrogens (tertiary/aromatic N) is 1. The minimum absolute atomic E-state index is 0.176. The van der Waals surface area contributed by atoms with Crippen molar-refractivity contribution in [3.8, 4) is 10.6 Å². The summed E-state index contributed by atoms with van der Waals surface area (Å²) in [6.45, 7) is 0. The highest BCUT2D eigenvalue weighted by Crippen LogP contribution is 2.35. The van der Waals surface area contributed by atoms with E-state index in [2.05, 4.69) is 33.2 Å². The lowest BCUT2D eigenvalue weighted by Crippen LogP contribution is -2.34. The number of para-hydroxylation sites is 1. The van der Waals surface area contributed by atoms with Crippen molar-refractivity contribution in [2.24, 2.45) is 0 Å². The van der Waals surface area contributed by atoms with E-state index in [0.717, 1.165) is 30.0 Å². The quantitative estimate of drug-likeness (QED) is 0.201. The Morgan fingerprint density at radius 3 is 2.60 bits per heavy atom. The van der Waals surface area contributed by atoms with E-state index < -0.39 is 0 Å². The third-order valence-electron chi connectivity index (χ3n) is 4.16. The van der Waals surface area contributed by atoms with E-state index in [9.17, 15) is 4.79 Å². The molecule has 9 heteroatoms. The summed E-state index contributed by atoms with van der Waals surface area (Å²) in [6.07, 6.45) is 0. The number of hydrogen-bond donors (Lipinski definition) is 2. The van der Waals surface area contributed by atoms with E-state index in [4.69, 9.17) is 40.4 Å². The van der Waals surface area contributed by atoms with Crippen LogP contribution in [0.2, 0.25) is 10.0 Å². The van der Waals surface area contributed by atoms with Crippen molar-refractivity contribution in [3.05, 3.63) is 79.8 Å². The topological polar surface area (TPSA) is 54.0 Å². The van der Waals surface area contributed by atoms with Gasteiger partial charge in [-0.2, -0.15) is 0 Å². The smallest absolute Gasteiger partial charge is 0.257 e. The van der Waals surface area contributed by atoms with Crippen LogP contribution >= 0.6 is 69.3 Å². The predicted octanol–water partition coefficient (Wildman–Crippen LogP) is 7.00. The first-order chi connectivity index (χ1) is 14.4. The number of halogens is 3. The molecule has 0 saturated carbocycles. The van der Waals surface area contributed by atoms with Gasteiger partial charge in [-0.05, 0) is 83.3 Å². The molecule has 0 aliphatic heterocycles. The normalized spacial score (nSPS) is 10.8. The van der Waals surface area contributed by atoms with Crippen LogP contribution in [0.5, 0.6) is 0 Å². The molecular weight excluding hydrogens is 572 g/mol. The molecule has 30 heavy (non-hydrogen) atoms. The Morgan fingerprint density at radius 2 is 1.83 bits per heavy atom. The third-order valence-corrected chi connectivity index (χ3v) is 6.85. The summed E-state index contributed by atoms with van der Waals surface area (Å²) in [4.78, 5) is 17.2. The molecule has 0 radical (unpaired) electrons. The fourth-order valence-corrected chi connectivity index (χ4v) is 4.74. The van der Waals surface area contributed by atoms with Crippen LogP contribution in [0.4, 0.5) is 5.69 Å². The maximum atomic E-state index is 12.5. The van der Waals surface area contributed by atoms with Crippen LogP contribution in [0.25, 0.3) is 20.8 Å². The summed E-state index contributed by atoms with van der Waals surface area (Å²) in [5, 5.41) is 7.52. The van der Waals surface area contributed by atoms with Gasteiger partial charge in [0.1, 0.15) is 5.01 Å². The van der Waals surface area contributed by atoms with Gasteiger partial charge in [0.15, 0.2) is 5.11 Å². The Hall–Kier alpha value is -1.78. The zero-order valence-corrected chi connectivity index (χ0v) is 20.4. The summed E-state index contributed by atoms with van der Waals surface area (Å²) < 4.78 is 2.17. The minimum Gasteiger partial charge on any atom is -0.332 e. The molecule has 3 aromatic carbocycles. The number of carbonyl (C=O) groups is 1. The van der Waals surface area contributed by atoms with Crippen LogP contribution < -0.4 is 10.6 Å². The summed E-state index contributed by atoms with van der Waals surface area (Å²) in [5.74, 6) is -0.377. The fourth-order valence-electron chi connectivity index (χ4n) is 2.76. The highest BCUT2D eigenvalue weighted by Gasteiger charge is 2.14. The molecule has 1 heterocycles. The molecule has 2 N–H and O–H groups in total. The average Bonchev–Trinajstić information content (AvgIpc) is 3.15. The second kappa shape index (κ2) is 9.15. The first-order valence-electron chi connectivity index (χ1n) is 8.63. The molecule has 1 amide bonds. The Labute approximate surface area is 205 Å². The van der Waals surface area contributed by atoms with E-state index in [1.807, 2.05) is 42.5 Å². The Kier molecular flexibility index (Phi) is 6.54. The van der Waals surface area contributed by atoms with Crippen LogP contribution in [0.1, 0.15) is 10.4 Å². The molecular formula is C21H12Cl2IN3OS2. The summed E-state index contributed by atoms with van der Waals surface area (Å²) in [5.41, 5.74) is 2.98. The van der Waals surface area contributed by atoms with Crippen molar-refractivity contribution < 1.29 is 4.79 Å². The average molecular weight is 584 g/mol. The van der Waals surface area contributed by atoms with Crippen molar-refractivity contribution in [2.75, 3.05) is 5.32 Å². The molecule has 0 saturated heterocycles. The number of thiocarbonyl (C=S) groups is 1. The Bertz CT molecular complexity index is 1260. The summed E-state index contributed by atoms with van der Waals surface area (Å²) in [6, 6.07) is 18.5. The molecule has 4 aromatic rings.